The third-order valence-corrected chi connectivity index (χ3v) is 5.59. The summed E-state index contributed by atoms with van der Waals surface area (Å²) in [5.41, 5.74) is 0.271. The average Bonchev–Trinajstić information content (AvgIpc) is 3.08. The summed E-state index contributed by atoms with van der Waals surface area (Å²) in [6.07, 6.45) is 9.60. The number of hydrogen-bond donors (Lipinski definition) is 3. The Morgan fingerprint density at radius 1 is 1.44 bits per heavy atom. The lowest BCUT2D eigenvalue weighted by atomic mass is 9.74. The lowest BCUT2D eigenvalue weighted by Crippen LogP contribution is -2.48. The fourth-order valence-corrected chi connectivity index (χ4v) is 4.21. The predicted octanol–water partition coefficient (Wildman–Crippen LogP) is 3.85. The summed E-state index contributed by atoms with van der Waals surface area (Å²) in [6.45, 7) is 1.84. The van der Waals surface area contributed by atoms with Gasteiger partial charge in [-0.3, -0.25) is 0 Å². The zero-order valence-electron chi connectivity index (χ0n) is 14.0. The van der Waals surface area contributed by atoms with Crippen molar-refractivity contribution in [2.45, 2.75) is 44.1 Å². The second-order valence-electron chi connectivity index (χ2n) is 6.94. The molecule has 0 amide bonds. The van der Waals surface area contributed by atoms with Crippen LogP contribution in [-0.4, -0.2) is 34.7 Å². The highest BCUT2D eigenvalue weighted by atomic mass is 35.5. The highest BCUT2D eigenvalue weighted by Gasteiger charge is 2.42. The number of pyridine rings is 1. The first kappa shape index (κ1) is 18.1. The van der Waals surface area contributed by atoms with E-state index in [9.17, 15) is 9.18 Å². The van der Waals surface area contributed by atoms with Crippen molar-refractivity contribution in [3.8, 4) is 0 Å². The topological polar surface area (TPSA) is 74.2 Å². The third kappa shape index (κ3) is 4.12. The summed E-state index contributed by atoms with van der Waals surface area (Å²) < 4.78 is 13.2. The largest absolute Gasteiger partial charge is 0.476 e. The molecule has 1 atom stereocenters. The molecule has 2 heterocycles. The second-order valence-corrected chi connectivity index (χ2v) is 7.35. The Morgan fingerprint density at radius 3 is 2.80 bits per heavy atom. The molecule has 1 saturated heterocycles. The summed E-state index contributed by atoms with van der Waals surface area (Å²) in [5.74, 6) is -1.69. The molecular formula is C18H23ClFN3O2. The van der Waals surface area contributed by atoms with Crippen molar-refractivity contribution >= 4 is 29.5 Å². The van der Waals surface area contributed by atoms with Crippen LogP contribution in [0.5, 0.6) is 0 Å². The molecule has 0 unspecified atom stereocenters. The number of carboxylic acids is 1. The number of halogens is 2. The van der Waals surface area contributed by atoms with E-state index in [1.807, 2.05) is 0 Å². The summed E-state index contributed by atoms with van der Waals surface area (Å²) in [7, 11) is 0. The van der Waals surface area contributed by atoms with Crippen molar-refractivity contribution in [2.75, 3.05) is 18.4 Å². The van der Waals surface area contributed by atoms with E-state index in [0.29, 0.717) is 22.3 Å². The van der Waals surface area contributed by atoms with Crippen LogP contribution in [0, 0.1) is 5.92 Å². The number of carboxylic acid groups (broad SMARTS) is 1. The van der Waals surface area contributed by atoms with Crippen LogP contribution in [0.2, 0.25) is 5.02 Å². The SMILES string of the molecule is O=C(O)/C(F)=C/c1cnc(N[C@@]2(C3CCCCC3)CCNC2)c(Cl)c1. The van der Waals surface area contributed by atoms with Gasteiger partial charge in [0.2, 0.25) is 5.83 Å². The van der Waals surface area contributed by atoms with Gasteiger partial charge >= 0.3 is 5.97 Å². The second kappa shape index (κ2) is 7.70. The van der Waals surface area contributed by atoms with E-state index in [-0.39, 0.29) is 5.54 Å². The molecule has 1 saturated carbocycles. The standard InChI is InChI=1S/C18H23ClFN3O2/c19-14-8-12(9-15(20)17(24)25)10-22-16(14)23-18(6-7-21-11-18)13-4-2-1-3-5-13/h8-10,13,21H,1-7,11H2,(H,22,23)(H,24,25)/b15-9-/t18-/m0/s1. The Kier molecular flexibility index (Phi) is 5.59. The average molecular weight is 368 g/mol. The molecular weight excluding hydrogens is 345 g/mol. The summed E-state index contributed by atoms with van der Waals surface area (Å²) in [4.78, 5) is 14.9. The minimum Gasteiger partial charge on any atom is -0.476 e. The van der Waals surface area contributed by atoms with Gasteiger partial charge in [-0.05, 0) is 49.4 Å². The van der Waals surface area contributed by atoms with Gasteiger partial charge in [-0.2, -0.15) is 4.39 Å². The van der Waals surface area contributed by atoms with E-state index in [4.69, 9.17) is 16.7 Å². The van der Waals surface area contributed by atoms with Gasteiger partial charge in [-0.25, -0.2) is 9.78 Å². The molecule has 136 valence electrons. The molecule has 2 fully saturated rings. The van der Waals surface area contributed by atoms with Crippen LogP contribution in [0.25, 0.3) is 6.08 Å². The number of rotatable bonds is 5. The molecule has 0 radical (unpaired) electrons. The maximum Gasteiger partial charge on any atom is 0.364 e. The van der Waals surface area contributed by atoms with Crippen molar-refractivity contribution in [1.29, 1.82) is 0 Å². The van der Waals surface area contributed by atoms with Crippen molar-refractivity contribution < 1.29 is 14.3 Å². The van der Waals surface area contributed by atoms with Gasteiger partial charge in [0.1, 0.15) is 5.82 Å². The molecule has 2 aliphatic rings. The van der Waals surface area contributed by atoms with Crippen LogP contribution in [0.1, 0.15) is 44.1 Å². The van der Waals surface area contributed by atoms with E-state index in [1.54, 1.807) is 0 Å². The van der Waals surface area contributed by atoms with Crippen LogP contribution in [0.4, 0.5) is 10.2 Å². The Labute approximate surface area is 151 Å². The van der Waals surface area contributed by atoms with Gasteiger partial charge in [-0.15, -0.1) is 0 Å². The molecule has 7 heteroatoms. The van der Waals surface area contributed by atoms with Crippen LogP contribution in [-0.2, 0) is 4.79 Å². The first-order valence-corrected chi connectivity index (χ1v) is 9.13. The maximum atomic E-state index is 13.2. The predicted molar refractivity (Wildman–Crippen MR) is 96.4 cm³/mol. The number of nitrogens with zero attached hydrogens (tertiary/aromatic N) is 1. The van der Waals surface area contributed by atoms with Gasteiger partial charge < -0.3 is 15.7 Å². The Balaban J connectivity index is 1.81. The van der Waals surface area contributed by atoms with Crippen LogP contribution < -0.4 is 10.6 Å². The zero-order valence-corrected chi connectivity index (χ0v) is 14.8. The van der Waals surface area contributed by atoms with E-state index >= 15 is 0 Å². The van der Waals surface area contributed by atoms with E-state index in [0.717, 1.165) is 25.6 Å². The highest BCUT2D eigenvalue weighted by Crippen LogP contribution is 2.39. The molecule has 25 heavy (non-hydrogen) atoms. The van der Waals surface area contributed by atoms with Gasteiger partial charge in [0.15, 0.2) is 0 Å². The van der Waals surface area contributed by atoms with Gasteiger partial charge in [0, 0.05) is 12.7 Å². The number of carbonyl (C=O) groups is 1. The smallest absolute Gasteiger partial charge is 0.364 e. The molecule has 1 aromatic rings. The van der Waals surface area contributed by atoms with Crippen LogP contribution in [0.3, 0.4) is 0 Å². The maximum absolute atomic E-state index is 13.2. The Morgan fingerprint density at radius 2 is 2.20 bits per heavy atom. The van der Waals surface area contributed by atoms with E-state index in [1.165, 1.54) is 44.4 Å². The molecule has 0 aromatic carbocycles. The highest BCUT2D eigenvalue weighted by molar-refractivity contribution is 6.33. The van der Waals surface area contributed by atoms with Crippen molar-refractivity contribution in [1.82, 2.24) is 10.3 Å². The lowest BCUT2D eigenvalue weighted by molar-refractivity contribution is -0.134. The summed E-state index contributed by atoms with van der Waals surface area (Å²) in [5, 5.41) is 16.0. The van der Waals surface area contributed by atoms with Crippen molar-refractivity contribution in [2.24, 2.45) is 5.92 Å². The van der Waals surface area contributed by atoms with Gasteiger partial charge in [0.05, 0.1) is 10.6 Å². The quantitative estimate of drug-likeness (QED) is 0.689. The van der Waals surface area contributed by atoms with Gasteiger partial charge in [-0.1, -0.05) is 30.9 Å². The number of aromatic nitrogens is 1. The first-order valence-electron chi connectivity index (χ1n) is 8.75. The molecule has 1 aliphatic heterocycles. The normalized spacial score (nSPS) is 25.1. The Bertz CT molecular complexity index is 668. The molecule has 0 bridgehead atoms. The molecule has 5 nitrogen and oxygen atoms in total. The third-order valence-electron chi connectivity index (χ3n) is 5.30. The van der Waals surface area contributed by atoms with E-state index in [2.05, 4.69) is 15.6 Å². The number of nitrogens with one attached hydrogen (secondary N) is 2. The number of anilines is 1. The lowest BCUT2D eigenvalue weighted by Gasteiger charge is -2.40. The Hall–Kier alpha value is -1.66. The molecule has 0 spiro atoms. The van der Waals surface area contributed by atoms with E-state index < -0.39 is 11.8 Å². The minimum atomic E-state index is -1.60. The number of aliphatic carboxylic acids is 1. The monoisotopic (exact) mass is 367 g/mol. The van der Waals surface area contributed by atoms with Crippen molar-refractivity contribution in [3.05, 3.63) is 28.7 Å². The van der Waals surface area contributed by atoms with Gasteiger partial charge in [0.25, 0.3) is 0 Å². The van der Waals surface area contributed by atoms with Crippen molar-refractivity contribution in [3.63, 3.8) is 0 Å². The first-order chi connectivity index (χ1) is 12.0. The van der Waals surface area contributed by atoms with Crippen LogP contribution >= 0.6 is 11.6 Å². The number of hydrogen-bond acceptors (Lipinski definition) is 4. The fourth-order valence-electron chi connectivity index (χ4n) is 3.99. The molecule has 3 rings (SSSR count). The minimum absolute atomic E-state index is 0.0548. The van der Waals surface area contributed by atoms with Crippen LogP contribution in [0.15, 0.2) is 18.1 Å². The zero-order chi connectivity index (χ0) is 17.9. The molecule has 3 N–H and O–H groups in total. The summed E-state index contributed by atoms with van der Waals surface area (Å²) >= 11 is 6.33. The molecule has 1 aromatic heterocycles. The summed E-state index contributed by atoms with van der Waals surface area (Å²) in [6, 6.07) is 1.54. The molecule has 1 aliphatic carbocycles. The fraction of sp³-hybridized carbons (Fsp3) is 0.556.